The van der Waals surface area contributed by atoms with Crippen molar-refractivity contribution in [1.29, 1.82) is 0 Å². The van der Waals surface area contributed by atoms with Gasteiger partial charge in [0, 0.05) is 28.3 Å². The number of hydrogen-bond acceptors (Lipinski definition) is 6. The number of aromatic nitrogens is 2. The Morgan fingerprint density at radius 3 is 2.48 bits per heavy atom. The highest BCUT2D eigenvalue weighted by Gasteiger charge is 2.38. The van der Waals surface area contributed by atoms with Gasteiger partial charge in [-0.2, -0.15) is 5.10 Å². The predicted octanol–water partition coefficient (Wildman–Crippen LogP) is 6.21. The molecule has 42 heavy (non-hydrogen) atoms. The average Bonchev–Trinajstić information content (AvgIpc) is 3.32. The largest absolute Gasteiger partial charge is 0.497 e. The van der Waals surface area contributed by atoms with Gasteiger partial charge in [-0.05, 0) is 55.8 Å². The van der Waals surface area contributed by atoms with E-state index in [1.165, 1.54) is 11.8 Å². The highest BCUT2D eigenvalue weighted by molar-refractivity contribution is 8.00. The first-order chi connectivity index (χ1) is 20.3. The van der Waals surface area contributed by atoms with Gasteiger partial charge in [-0.25, -0.2) is 4.68 Å². The van der Waals surface area contributed by atoms with E-state index in [0.29, 0.717) is 34.6 Å². The summed E-state index contributed by atoms with van der Waals surface area (Å²) in [6, 6.07) is 21.0. The van der Waals surface area contributed by atoms with Gasteiger partial charge in [0.2, 0.25) is 11.8 Å². The topological polar surface area (TPSA) is 85.7 Å². The van der Waals surface area contributed by atoms with Gasteiger partial charge in [0.25, 0.3) is 0 Å². The van der Waals surface area contributed by atoms with Crippen LogP contribution in [0.3, 0.4) is 0 Å². The molecular formula is C32H33ClN4O4S. The molecule has 0 radical (unpaired) electrons. The van der Waals surface area contributed by atoms with Crippen LogP contribution in [-0.4, -0.2) is 54.7 Å². The molecule has 4 aromatic rings. The van der Waals surface area contributed by atoms with Crippen molar-refractivity contribution in [2.24, 2.45) is 0 Å². The minimum atomic E-state index is -0.373. The number of halogens is 1. The van der Waals surface area contributed by atoms with Crippen LogP contribution in [0.15, 0.2) is 66.7 Å². The second-order valence-electron chi connectivity index (χ2n) is 9.97. The van der Waals surface area contributed by atoms with Crippen molar-refractivity contribution in [2.75, 3.05) is 38.0 Å². The molecule has 0 aliphatic carbocycles. The van der Waals surface area contributed by atoms with Gasteiger partial charge in [0.05, 0.1) is 36.6 Å². The van der Waals surface area contributed by atoms with Crippen LogP contribution < -0.4 is 19.7 Å². The first-order valence-electron chi connectivity index (χ1n) is 13.7. The molecule has 0 bridgehead atoms. The normalized spacial score (nSPS) is 14.7. The van der Waals surface area contributed by atoms with E-state index >= 15 is 0 Å². The lowest BCUT2D eigenvalue weighted by Gasteiger charge is -2.23. The van der Waals surface area contributed by atoms with Gasteiger partial charge in [0.15, 0.2) is 0 Å². The summed E-state index contributed by atoms with van der Waals surface area (Å²) in [7, 11) is 3.24. The Balaban J connectivity index is 1.82. The van der Waals surface area contributed by atoms with Gasteiger partial charge < -0.3 is 14.8 Å². The van der Waals surface area contributed by atoms with Crippen molar-refractivity contribution in [3.05, 3.63) is 88.4 Å². The average molecular weight is 605 g/mol. The minimum Gasteiger partial charge on any atom is -0.497 e. The number of methoxy groups -OCH3 is 2. The fourth-order valence-electron chi connectivity index (χ4n) is 4.96. The maximum absolute atomic E-state index is 13.9. The molecule has 1 aliphatic rings. The number of carbonyl (C=O) groups is 2. The van der Waals surface area contributed by atoms with Crippen molar-refractivity contribution in [3.63, 3.8) is 0 Å². The summed E-state index contributed by atoms with van der Waals surface area (Å²) in [5.74, 6) is 1.59. The van der Waals surface area contributed by atoms with E-state index < -0.39 is 0 Å². The van der Waals surface area contributed by atoms with Crippen molar-refractivity contribution in [1.82, 2.24) is 15.1 Å². The first kappa shape index (κ1) is 29.5. The molecule has 0 spiro atoms. The second kappa shape index (κ2) is 12.9. The van der Waals surface area contributed by atoms with Crippen molar-refractivity contribution < 1.29 is 19.1 Å². The van der Waals surface area contributed by atoms with Gasteiger partial charge >= 0.3 is 0 Å². The molecule has 0 saturated heterocycles. The zero-order valence-electron chi connectivity index (χ0n) is 24.0. The lowest BCUT2D eigenvalue weighted by atomic mass is 9.98. The lowest BCUT2D eigenvalue weighted by molar-refractivity contribution is -0.122. The van der Waals surface area contributed by atoms with Crippen LogP contribution in [0, 0.1) is 6.92 Å². The Hall–Kier alpha value is -3.95. The molecule has 1 aromatic heterocycles. The monoisotopic (exact) mass is 604 g/mol. The number of ether oxygens (including phenoxy) is 2. The van der Waals surface area contributed by atoms with E-state index in [9.17, 15) is 9.59 Å². The van der Waals surface area contributed by atoms with Gasteiger partial charge in [-0.15, -0.1) is 11.8 Å². The quantitative estimate of drug-likeness (QED) is 0.244. The lowest BCUT2D eigenvalue weighted by Crippen LogP contribution is -2.42. The number of carbonyl (C=O) groups excluding carboxylic acids is 2. The van der Waals surface area contributed by atoms with Crippen LogP contribution in [0.25, 0.3) is 16.9 Å². The fraction of sp³-hybridized carbons (Fsp3) is 0.281. The second-order valence-corrected chi connectivity index (χ2v) is 11.5. The summed E-state index contributed by atoms with van der Waals surface area (Å²) in [4.78, 5) is 28.5. The summed E-state index contributed by atoms with van der Waals surface area (Å²) < 4.78 is 13.2. The maximum Gasteiger partial charge on any atom is 0.240 e. The summed E-state index contributed by atoms with van der Waals surface area (Å²) in [6.45, 7) is 4.40. The minimum absolute atomic E-state index is 0.133. The number of fused-ring (bicyclic) bond motifs is 1. The highest BCUT2D eigenvalue weighted by atomic mass is 35.5. The number of nitrogens with zero attached hydrogens (tertiary/aromatic N) is 3. The first-order valence-corrected chi connectivity index (χ1v) is 15.1. The third-order valence-electron chi connectivity index (χ3n) is 7.08. The van der Waals surface area contributed by atoms with Crippen molar-refractivity contribution in [3.8, 4) is 28.4 Å². The summed E-state index contributed by atoms with van der Waals surface area (Å²) in [5, 5.41) is 8.27. The smallest absolute Gasteiger partial charge is 0.240 e. The molecule has 8 nitrogen and oxygen atoms in total. The molecule has 2 heterocycles. The number of nitrogens with one attached hydrogen (secondary N) is 1. The summed E-state index contributed by atoms with van der Waals surface area (Å²) in [6.07, 6.45) is 0.792. The van der Waals surface area contributed by atoms with E-state index in [-0.39, 0.29) is 29.4 Å². The molecular weight excluding hydrogens is 572 g/mol. The van der Waals surface area contributed by atoms with Gasteiger partial charge in [-0.1, -0.05) is 48.4 Å². The summed E-state index contributed by atoms with van der Waals surface area (Å²) in [5.41, 5.74) is 5.01. The molecule has 10 heteroatoms. The van der Waals surface area contributed by atoms with Crippen LogP contribution in [0.1, 0.15) is 35.3 Å². The number of anilines is 1. The third kappa shape index (κ3) is 5.98. The standard InChI is InChI=1S/C32H33ClN4O4S/c1-5-16-34-27(38)18-36-28(39)19-42-31(25-17-24(40-3)14-15-26(25)41-4)29-30(21-8-10-22(33)11-9-21)35-37(32(29)36)23-12-6-20(2)7-13-23/h6-15,17,31H,5,16,18-19H2,1-4H3,(H,34,38)/t31-/m0/s1. The third-order valence-corrected chi connectivity index (χ3v) is 8.57. The molecule has 0 unspecified atom stereocenters. The number of amides is 2. The number of thioether (sulfide) groups is 1. The molecule has 1 aliphatic heterocycles. The van der Waals surface area contributed by atoms with Crippen LogP contribution in [0.2, 0.25) is 5.02 Å². The van der Waals surface area contributed by atoms with E-state index in [4.69, 9.17) is 26.2 Å². The highest BCUT2D eigenvalue weighted by Crippen LogP contribution is 2.51. The van der Waals surface area contributed by atoms with Gasteiger partial charge in [-0.3, -0.25) is 14.5 Å². The van der Waals surface area contributed by atoms with Crippen LogP contribution in [0.4, 0.5) is 5.82 Å². The van der Waals surface area contributed by atoms with Crippen molar-refractivity contribution >= 4 is 41.0 Å². The molecule has 3 aromatic carbocycles. The van der Waals surface area contributed by atoms with Crippen LogP contribution >= 0.6 is 23.4 Å². The SMILES string of the molecule is CCCNC(=O)CN1C(=O)CS[C@@H](c2cc(OC)ccc2OC)c2c(-c3ccc(Cl)cc3)nn(-c3ccc(C)cc3)c21. The molecule has 1 atom stereocenters. The molecule has 0 fully saturated rings. The van der Waals surface area contributed by atoms with E-state index in [0.717, 1.165) is 34.4 Å². The fourth-order valence-corrected chi connectivity index (χ4v) is 6.30. The Morgan fingerprint density at radius 1 is 1.07 bits per heavy atom. The Bertz CT molecular complexity index is 1590. The number of benzene rings is 3. The van der Waals surface area contributed by atoms with E-state index in [1.807, 2.05) is 80.6 Å². The Kier molecular flexibility index (Phi) is 9.09. The van der Waals surface area contributed by atoms with E-state index in [1.54, 1.807) is 23.8 Å². The molecule has 218 valence electrons. The predicted molar refractivity (Wildman–Crippen MR) is 168 cm³/mol. The van der Waals surface area contributed by atoms with Gasteiger partial charge in [0.1, 0.15) is 23.9 Å². The van der Waals surface area contributed by atoms with E-state index in [2.05, 4.69) is 5.32 Å². The number of rotatable bonds is 9. The van der Waals surface area contributed by atoms with Crippen LogP contribution in [-0.2, 0) is 9.59 Å². The Morgan fingerprint density at radius 2 is 1.81 bits per heavy atom. The molecule has 1 N–H and O–H groups in total. The molecule has 0 saturated carbocycles. The Labute approximate surface area is 255 Å². The molecule has 5 rings (SSSR count). The molecule has 2 amide bonds. The number of aryl methyl sites for hydroxylation is 1. The zero-order valence-corrected chi connectivity index (χ0v) is 25.6. The maximum atomic E-state index is 13.9. The van der Waals surface area contributed by atoms with Crippen LogP contribution in [0.5, 0.6) is 11.5 Å². The number of hydrogen-bond donors (Lipinski definition) is 1. The van der Waals surface area contributed by atoms with Crippen molar-refractivity contribution in [2.45, 2.75) is 25.5 Å². The summed E-state index contributed by atoms with van der Waals surface area (Å²) >= 11 is 7.74. The zero-order chi connectivity index (χ0) is 29.8.